The van der Waals surface area contributed by atoms with Crippen LogP contribution in [0.2, 0.25) is 0 Å². The second kappa shape index (κ2) is 11.5. The number of carbonyl (C=O) groups is 4. The number of aromatic hydroxyl groups is 2. The van der Waals surface area contributed by atoms with Crippen LogP contribution in [0.15, 0.2) is 84.9 Å². The number of carboxylic acid groups (broad SMARTS) is 4. The van der Waals surface area contributed by atoms with Gasteiger partial charge in [0.05, 0.1) is 11.1 Å². The molecule has 0 amide bonds. The summed E-state index contributed by atoms with van der Waals surface area (Å²) < 4.78 is 0. The Bertz CT molecular complexity index is 1720. The molecular formula is C31H22O10. The number of fused-ring (bicyclic) bond motifs is 2. The van der Waals surface area contributed by atoms with Crippen LogP contribution in [0.1, 0.15) is 52.6 Å². The summed E-state index contributed by atoms with van der Waals surface area (Å²) in [4.78, 5) is 44.1. The second-order valence-electron chi connectivity index (χ2n) is 8.89. The maximum atomic E-state index is 11.6. The molecule has 6 N–H and O–H groups in total. The van der Waals surface area contributed by atoms with Crippen LogP contribution < -0.4 is 0 Å². The van der Waals surface area contributed by atoms with E-state index in [2.05, 4.69) is 0 Å². The summed E-state index contributed by atoms with van der Waals surface area (Å²) in [6, 6.07) is 22.3. The standard InChI is InChI=1S/C23H16O6.C8H6O4/c24-20-16(14-7-3-1-5-12(14)9-18(20)22(26)27)11-17-15-8-4-2-6-13(15)10-19(21(17)25)23(28)29;9-7(10)5-3-1-2-4-6(5)8(11)12/h1-10,24-25H,11H2,(H,26,27)(H,28,29);1-4H,(H,9,10)(H,11,12). The first kappa shape index (κ1) is 28.1. The van der Waals surface area contributed by atoms with Crippen LogP contribution in [0.4, 0.5) is 0 Å². The Morgan fingerprint density at radius 1 is 0.463 bits per heavy atom. The van der Waals surface area contributed by atoms with Gasteiger partial charge in [0.25, 0.3) is 0 Å². The molecule has 0 atom stereocenters. The highest BCUT2D eigenvalue weighted by atomic mass is 16.4. The van der Waals surface area contributed by atoms with Gasteiger partial charge in [-0.3, -0.25) is 0 Å². The van der Waals surface area contributed by atoms with Crippen LogP contribution in [-0.4, -0.2) is 54.5 Å². The van der Waals surface area contributed by atoms with Gasteiger partial charge in [-0.05, 0) is 45.8 Å². The lowest BCUT2D eigenvalue weighted by Crippen LogP contribution is -2.06. The summed E-state index contributed by atoms with van der Waals surface area (Å²) in [5.74, 6) is -5.81. The van der Waals surface area contributed by atoms with Crippen molar-refractivity contribution in [3.05, 3.63) is 118 Å². The highest BCUT2D eigenvalue weighted by Gasteiger charge is 2.22. The molecule has 0 heterocycles. The summed E-state index contributed by atoms with van der Waals surface area (Å²) in [6.45, 7) is 0. The molecule has 5 aromatic rings. The molecule has 0 radical (unpaired) electrons. The van der Waals surface area contributed by atoms with Crippen molar-refractivity contribution in [3.8, 4) is 11.5 Å². The number of carboxylic acids is 4. The van der Waals surface area contributed by atoms with E-state index in [1.54, 1.807) is 48.5 Å². The molecule has 0 saturated carbocycles. The Morgan fingerprint density at radius 3 is 1.12 bits per heavy atom. The van der Waals surface area contributed by atoms with Crippen molar-refractivity contribution in [1.82, 2.24) is 0 Å². The molecule has 0 unspecified atom stereocenters. The van der Waals surface area contributed by atoms with Gasteiger partial charge < -0.3 is 30.6 Å². The lowest BCUT2D eigenvalue weighted by molar-refractivity contribution is 0.0651. The molecule has 0 saturated heterocycles. The molecule has 0 fully saturated rings. The summed E-state index contributed by atoms with van der Waals surface area (Å²) in [6.07, 6.45) is -0.0407. The SMILES string of the molecule is O=C(O)c1cc2ccccc2c(Cc2c(O)c(C(=O)O)cc3ccccc23)c1O.O=C(O)c1ccccc1C(=O)O. The van der Waals surface area contributed by atoms with Crippen molar-refractivity contribution in [2.24, 2.45) is 0 Å². The summed E-state index contributed by atoms with van der Waals surface area (Å²) in [7, 11) is 0. The molecule has 0 spiro atoms. The number of rotatable bonds is 6. The van der Waals surface area contributed by atoms with Crippen LogP contribution in [0.3, 0.4) is 0 Å². The van der Waals surface area contributed by atoms with E-state index in [1.165, 1.54) is 36.4 Å². The second-order valence-corrected chi connectivity index (χ2v) is 8.89. The normalized spacial score (nSPS) is 10.5. The zero-order chi connectivity index (χ0) is 29.8. The molecule has 0 aromatic heterocycles. The number of benzene rings is 5. The van der Waals surface area contributed by atoms with Crippen molar-refractivity contribution in [2.75, 3.05) is 0 Å². The Morgan fingerprint density at radius 2 is 0.780 bits per heavy atom. The lowest BCUT2D eigenvalue weighted by Gasteiger charge is -2.16. The van der Waals surface area contributed by atoms with E-state index in [4.69, 9.17) is 10.2 Å². The average molecular weight is 555 g/mol. The van der Waals surface area contributed by atoms with Crippen molar-refractivity contribution in [3.63, 3.8) is 0 Å². The van der Waals surface area contributed by atoms with E-state index in [-0.39, 0.29) is 28.7 Å². The van der Waals surface area contributed by atoms with E-state index < -0.39 is 35.4 Å². The third kappa shape index (κ3) is 5.62. The Labute approximate surface area is 231 Å². The quantitative estimate of drug-likeness (QED) is 0.157. The van der Waals surface area contributed by atoms with Crippen LogP contribution in [-0.2, 0) is 6.42 Å². The minimum absolute atomic E-state index is 0.0407. The largest absolute Gasteiger partial charge is 0.507 e. The topological polar surface area (TPSA) is 190 Å². The fourth-order valence-electron chi connectivity index (χ4n) is 4.54. The van der Waals surface area contributed by atoms with Gasteiger partial charge in [0.1, 0.15) is 22.6 Å². The molecule has 0 aliphatic carbocycles. The van der Waals surface area contributed by atoms with E-state index in [0.29, 0.717) is 32.7 Å². The molecule has 41 heavy (non-hydrogen) atoms. The van der Waals surface area contributed by atoms with Gasteiger partial charge in [0, 0.05) is 17.5 Å². The molecular weight excluding hydrogens is 532 g/mol. The lowest BCUT2D eigenvalue weighted by atomic mass is 9.90. The fraction of sp³-hybridized carbons (Fsp3) is 0.0323. The Balaban J connectivity index is 0.000000271. The molecule has 0 bridgehead atoms. The van der Waals surface area contributed by atoms with Crippen molar-refractivity contribution in [1.29, 1.82) is 0 Å². The highest BCUT2D eigenvalue weighted by molar-refractivity contribution is 6.03. The van der Waals surface area contributed by atoms with Crippen LogP contribution in [0.5, 0.6) is 11.5 Å². The van der Waals surface area contributed by atoms with Gasteiger partial charge in [-0.25, -0.2) is 19.2 Å². The van der Waals surface area contributed by atoms with Gasteiger partial charge >= 0.3 is 23.9 Å². The monoisotopic (exact) mass is 554 g/mol. The molecule has 206 valence electrons. The van der Waals surface area contributed by atoms with Gasteiger partial charge in [-0.15, -0.1) is 0 Å². The molecule has 5 rings (SSSR count). The number of aromatic carboxylic acids is 4. The first-order valence-electron chi connectivity index (χ1n) is 12.0. The molecule has 10 nitrogen and oxygen atoms in total. The summed E-state index contributed by atoms with van der Waals surface area (Å²) in [5, 5.41) is 59.9. The van der Waals surface area contributed by atoms with Crippen molar-refractivity contribution in [2.45, 2.75) is 6.42 Å². The van der Waals surface area contributed by atoms with E-state index in [9.17, 15) is 39.6 Å². The van der Waals surface area contributed by atoms with Crippen LogP contribution in [0.25, 0.3) is 21.5 Å². The van der Waals surface area contributed by atoms with E-state index in [0.717, 1.165) is 0 Å². The third-order valence-corrected chi connectivity index (χ3v) is 6.46. The zero-order valence-corrected chi connectivity index (χ0v) is 21.1. The third-order valence-electron chi connectivity index (χ3n) is 6.46. The Hall–Kier alpha value is -5.90. The predicted molar refractivity (Wildman–Crippen MR) is 148 cm³/mol. The average Bonchev–Trinajstić information content (AvgIpc) is 2.95. The minimum Gasteiger partial charge on any atom is -0.507 e. The Kier molecular flexibility index (Phi) is 7.86. The minimum atomic E-state index is -1.28. The van der Waals surface area contributed by atoms with Gasteiger partial charge in [0.2, 0.25) is 0 Å². The highest BCUT2D eigenvalue weighted by Crippen LogP contribution is 2.38. The molecule has 5 aromatic carbocycles. The number of hydrogen-bond donors (Lipinski definition) is 6. The van der Waals surface area contributed by atoms with Gasteiger partial charge in [-0.1, -0.05) is 60.7 Å². The van der Waals surface area contributed by atoms with Crippen molar-refractivity contribution < 1.29 is 49.8 Å². The molecule has 0 aliphatic rings. The van der Waals surface area contributed by atoms with Gasteiger partial charge in [0.15, 0.2) is 0 Å². The molecule has 0 aliphatic heterocycles. The van der Waals surface area contributed by atoms with Crippen LogP contribution >= 0.6 is 0 Å². The maximum Gasteiger partial charge on any atom is 0.339 e. The van der Waals surface area contributed by atoms with Crippen molar-refractivity contribution >= 4 is 45.4 Å². The predicted octanol–water partition coefficient (Wildman–Crippen LogP) is 5.47. The number of hydrogen-bond acceptors (Lipinski definition) is 6. The first-order valence-corrected chi connectivity index (χ1v) is 12.0. The molecule has 10 heteroatoms. The smallest absolute Gasteiger partial charge is 0.339 e. The first-order chi connectivity index (χ1) is 19.5. The van der Waals surface area contributed by atoms with Gasteiger partial charge in [-0.2, -0.15) is 0 Å². The van der Waals surface area contributed by atoms with E-state index in [1.807, 2.05) is 0 Å². The zero-order valence-electron chi connectivity index (χ0n) is 21.1. The summed E-state index contributed by atoms with van der Waals surface area (Å²) >= 11 is 0. The summed E-state index contributed by atoms with van der Waals surface area (Å²) in [5.41, 5.74) is -0.268. The fourth-order valence-corrected chi connectivity index (χ4v) is 4.54. The van der Waals surface area contributed by atoms with Crippen LogP contribution in [0, 0.1) is 0 Å². The van der Waals surface area contributed by atoms with E-state index >= 15 is 0 Å². The maximum absolute atomic E-state index is 11.6. The number of phenols is 2.